The number of aliphatic carboxylic acids is 1. The van der Waals surface area contributed by atoms with Gasteiger partial charge in [-0.1, -0.05) is 29.8 Å². The summed E-state index contributed by atoms with van der Waals surface area (Å²) in [5.41, 5.74) is 3.64. The molecule has 2 N–H and O–H groups in total. The number of halogens is 1. The van der Waals surface area contributed by atoms with Crippen molar-refractivity contribution < 1.29 is 15.0 Å². The molecule has 0 aliphatic heterocycles. The number of aromatic hydroxyl groups is 1. The van der Waals surface area contributed by atoms with Crippen molar-refractivity contribution in [2.45, 2.75) is 44.1 Å². The number of nitrogens with zero attached hydrogens (tertiary/aromatic N) is 1. The molecule has 0 spiro atoms. The molecule has 5 heteroatoms. The standard InChI is InChI=1S/C22H26ClNO3/c1-15(21(26)27)24(2)13-3-11-22(17-4-7-19(25)8-5-17)12-10-16-14-18(23)6-9-20(16)22/h4-9,14-15,25H,3,10-13H2,1-2H3,(H,26,27)/t15?,22-/m1/s1. The lowest BCUT2D eigenvalue weighted by molar-refractivity contribution is -0.142. The van der Waals surface area contributed by atoms with Crippen LogP contribution in [0.3, 0.4) is 0 Å². The van der Waals surface area contributed by atoms with Gasteiger partial charge in [0.1, 0.15) is 11.8 Å². The lowest BCUT2D eigenvalue weighted by Gasteiger charge is -2.33. The van der Waals surface area contributed by atoms with E-state index in [0.717, 1.165) is 37.3 Å². The van der Waals surface area contributed by atoms with Crippen molar-refractivity contribution in [1.29, 1.82) is 0 Å². The monoisotopic (exact) mass is 387 g/mol. The molecular weight excluding hydrogens is 362 g/mol. The van der Waals surface area contributed by atoms with E-state index < -0.39 is 12.0 Å². The summed E-state index contributed by atoms with van der Waals surface area (Å²) in [5, 5.41) is 19.6. The number of hydrogen-bond acceptors (Lipinski definition) is 3. The molecule has 0 fully saturated rings. The first-order valence-electron chi connectivity index (χ1n) is 9.35. The molecule has 0 saturated carbocycles. The molecule has 144 valence electrons. The van der Waals surface area contributed by atoms with E-state index in [1.165, 1.54) is 16.7 Å². The van der Waals surface area contributed by atoms with Crippen LogP contribution in [0.1, 0.15) is 42.9 Å². The third-order valence-electron chi connectivity index (χ3n) is 5.96. The van der Waals surface area contributed by atoms with Crippen molar-refractivity contribution >= 4 is 17.6 Å². The Labute approximate surface area is 165 Å². The third kappa shape index (κ3) is 3.97. The van der Waals surface area contributed by atoms with Crippen molar-refractivity contribution in [3.05, 3.63) is 64.2 Å². The Morgan fingerprint density at radius 2 is 1.96 bits per heavy atom. The number of phenols is 1. The van der Waals surface area contributed by atoms with Gasteiger partial charge in [0.05, 0.1) is 0 Å². The Morgan fingerprint density at radius 3 is 2.63 bits per heavy atom. The highest BCUT2D eigenvalue weighted by Gasteiger charge is 2.39. The van der Waals surface area contributed by atoms with E-state index in [4.69, 9.17) is 11.6 Å². The largest absolute Gasteiger partial charge is 0.508 e. The summed E-state index contributed by atoms with van der Waals surface area (Å²) in [5.74, 6) is -0.537. The Balaban J connectivity index is 1.87. The summed E-state index contributed by atoms with van der Waals surface area (Å²) in [4.78, 5) is 13.1. The Kier molecular flexibility index (Phi) is 5.78. The highest BCUT2D eigenvalue weighted by atomic mass is 35.5. The number of benzene rings is 2. The number of hydrogen-bond donors (Lipinski definition) is 2. The quantitative estimate of drug-likeness (QED) is 0.736. The molecule has 2 aromatic rings. The SMILES string of the molecule is CC(C(=O)O)N(C)CCC[C@]1(c2ccc(O)cc2)CCc2cc(Cl)ccc21. The van der Waals surface area contributed by atoms with E-state index in [2.05, 4.69) is 12.1 Å². The van der Waals surface area contributed by atoms with Crippen LogP contribution in [-0.4, -0.2) is 40.7 Å². The fraction of sp³-hybridized carbons (Fsp3) is 0.409. The predicted molar refractivity (Wildman–Crippen MR) is 108 cm³/mol. The van der Waals surface area contributed by atoms with E-state index in [1.54, 1.807) is 19.1 Å². The van der Waals surface area contributed by atoms with Gasteiger partial charge in [-0.3, -0.25) is 9.69 Å². The number of likely N-dealkylation sites (N-methyl/N-ethyl adjacent to an activating group) is 1. The Bertz CT molecular complexity index is 821. The second kappa shape index (κ2) is 7.91. The van der Waals surface area contributed by atoms with Gasteiger partial charge in [-0.25, -0.2) is 0 Å². The lowest BCUT2D eigenvalue weighted by atomic mass is 9.72. The minimum atomic E-state index is -0.799. The van der Waals surface area contributed by atoms with Gasteiger partial charge < -0.3 is 10.2 Å². The molecule has 3 rings (SSSR count). The summed E-state index contributed by atoms with van der Waals surface area (Å²) >= 11 is 6.20. The fourth-order valence-corrected chi connectivity index (χ4v) is 4.41. The number of phenolic OH excluding ortho intramolecular Hbond substituents is 1. The van der Waals surface area contributed by atoms with Crippen molar-refractivity contribution in [2.75, 3.05) is 13.6 Å². The van der Waals surface area contributed by atoms with Crippen LogP contribution < -0.4 is 0 Å². The summed E-state index contributed by atoms with van der Waals surface area (Å²) in [6.07, 6.45) is 3.77. The lowest BCUT2D eigenvalue weighted by Crippen LogP contribution is -2.37. The van der Waals surface area contributed by atoms with Crippen LogP contribution in [0.15, 0.2) is 42.5 Å². The first-order chi connectivity index (χ1) is 12.8. The van der Waals surface area contributed by atoms with Gasteiger partial charge in [0.2, 0.25) is 0 Å². The topological polar surface area (TPSA) is 60.8 Å². The molecular formula is C22H26ClNO3. The second-order valence-corrected chi connectivity index (χ2v) is 7.97. The molecule has 1 aliphatic rings. The minimum absolute atomic E-state index is 0.124. The molecule has 2 aromatic carbocycles. The van der Waals surface area contributed by atoms with Gasteiger partial charge in [-0.05, 0) is 87.2 Å². The maximum Gasteiger partial charge on any atom is 0.320 e. The van der Waals surface area contributed by atoms with Gasteiger partial charge in [0.15, 0.2) is 0 Å². The van der Waals surface area contributed by atoms with Gasteiger partial charge in [-0.2, -0.15) is 0 Å². The van der Waals surface area contributed by atoms with Crippen molar-refractivity contribution in [2.24, 2.45) is 0 Å². The molecule has 2 atom stereocenters. The second-order valence-electron chi connectivity index (χ2n) is 7.53. The molecule has 1 aliphatic carbocycles. The van der Waals surface area contributed by atoms with E-state index in [1.807, 2.05) is 30.1 Å². The van der Waals surface area contributed by atoms with Crippen molar-refractivity contribution in [1.82, 2.24) is 4.90 Å². The highest BCUT2D eigenvalue weighted by Crippen LogP contribution is 2.48. The average Bonchev–Trinajstić information content (AvgIpc) is 3.00. The first-order valence-corrected chi connectivity index (χ1v) is 9.73. The zero-order chi connectivity index (χ0) is 19.6. The van der Waals surface area contributed by atoms with Crippen LogP contribution >= 0.6 is 11.6 Å². The molecule has 0 bridgehead atoms. The smallest absolute Gasteiger partial charge is 0.320 e. The molecule has 27 heavy (non-hydrogen) atoms. The summed E-state index contributed by atoms with van der Waals surface area (Å²) in [7, 11) is 1.86. The summed E-state index contributed by atoms with van der Waals surface area (Å²) in [6.45, 7) is 2.43. The Hall–Kier alpha value is -2.04. The number of carboxylic acid groups (broad SMARTS) is 1. The van der Waals surface area contributed by atoms with Gasteiger partial charge >= 0.3 is 5.97 Å². The zero-order valence-corrected chi connectivity index (χ0v) is 16.5. The molecule has 4 nitrogen and oxygen atoms in total. The molecule has 0 amide bonds. The van der Waals surface area contributed by atoms with E-state index >= 15 is 0 Å². The summed E-state index contributed by atoms with van der Waals surface area (Å²) in [6, 6.07) is 13.1. The first kappa shape index (κ1) is 19.7. The van der Waals surface area contributed by atoms with Crippen LogP contribution in [0, 0.1) is 0 Å². The molecule has 1 unspecified atom stereocenters. The van der Waals surface area contributed by atoms with Crippen molar-refractivity contribution in [3.8, 4) is 5.75 Å². The van der Waals surface area contributed by atoms with Crippen LogP contribution in [-0.2, 0) is 16.6 Å². The maximum atomic E-state index is 11.2. The maximum absolute atomic E-state index is 11.2. The van der Waals surface area contributed by atoms with Crippen LogP contribution in [0.25, 0.3) is 0 Å². The van der Waals surface area contributed by atoms with Gasteiger partial charge in [0, 0.05) is 10.4 Å². The van der Waals surface area contributed by atoms with E-state index in [9.17, 15) is 15.0 Å². The number of aryl methyl sites for hydroxylation is 1. The normalized spacial score (nSPS) is 19.9. The Morgan fingerprint density at radius 1 is 1.26 bits per heavy atom. The molecule has 0 aromatic heterocycles. The zero-order valence-electron chi connectivity index (χ0n) is 15.8. The predicted octanol–water partition coefficient (Wildman–Crippen LogP) is 4.46. The number of fused-ring (bicyclic) bond motifs is 1. The molecule has 0 radical (unpaired) electrons. The van der Waals surface area contributed by atoms with Crippen LogP contribution in [0.4, 0.5) is 0 Å². The van der Waals surface area contributed by atoms with Crippen molar-refractivity contribution in [3.63, 3.8) is 0 Å². The van der Waals surface area contributed by atoms with Gasteiger partial charge in [0.25, 0.3) is 0 Å². The average molecular weight is 388 g/mol. The van der Waals surface area contributed by atoms with Crippen LogP contribution in [0.5, 0.6) is 5.75 Å². The molecule has 0 heterocycles. The third-order valence-corrected chi connectivity index (χ3v) is 6.19. The number of carboxylic acids is 1. The number of rotatable bonds is 7. The van der Waals surface area contributed by atoms with Gasteiger partial charge in [-0.15, -0.1) is 0 Å². The minimum Gasteiger partial charge on any atom is -0.508 e. The van der Waals surface area contributed by atoms with E-state index in [0.29, 0.717) is 0 Å². The fourth-order valence-electron chi connectivity index (χ4n) is 4.22. The number of carbonyl (C=O) groups is 1. The van der Waals surface area contributed by atoms with Crippen LogP contribution in [0.2, 0.25) is 5.02 Å². The van der Waals surface area contributed by atoms with E-state index in [-0.39, 0.29) is 11.2 Å². The highest BCUT2D eigenvalue weighted by molar-refractivity contribution is 6.30. The molecule has 0 saturated heterocycles. The summed E-state index contributed by atoms with van der Waals surface area (Å²) < 4.78 is 0.